The smallest absolute Gasteiger partial charge is 0.306 e. The van der Waals surface area contributed by atoms with Crippen LogP contribution in [0.25, 0.3) is 0 Å². The lowest BCUT2D eigenvalue weighted by Gasteiger charge is -2.18. The number of carbonyl (C=O) groups excluding carboxylic acids is 3. The molecule has 0 bridgehead atoms. The third kappa shape index (κ3) is 60.4. The highest BCUT2D eigenvalue weighted by atomic mass is 16.6. The van der Waals surface area contributed by atoms with Gasteiger partial charge in [-0.25, -0.2) is 0 Å². The van der Waals surface area contributed by atoms with Crippen LogP contribution in [0.15, 0.2) is 134 Å². The van der Waals surface area contributed by atoms with Gasteiger partial charge in [-0.2, -0.15) is 0 Å². The van der Waals surface area contributed by atoms with E-state index in [1.807, 2.05) is 0 Å². The summed E-state index contributed by atoms with van der Waals surface area (Å²) in [6.45, 7) is 6.44. The molecule has 6 nitrogen and oxygen atoms in total. The number of rotatable bonds is 55. The zero-order chi connectivity index (χ0) is 55.0. The molecule has 6 heteroatoms. The minimum Gasteiger partial charge on any atom is -0.462 e. The molecule has 0 saturated carbocycles. The molecule has 0 N–H and O–H groups in total. The maximum absolute atomic E-state index is 12.9. The molecule has 0 aliphatic heterocycles. The van der Waals surface area contributed by atoms with Gasteiger partial charge in [0.1, 0.15) is 13.2 Å². The Hall–Kier alpha value is -4.45. The van der Waals surface area contributed by atoms with Crippen molar-refractivity contribution in [3.63, 3.8) is 0 Å². The molecular weight excluding hydrogens is 937 g/mol. The van der Waals surface area contributed by atoms with Crippen LogP contribution in [0.5, 0.6) is 0 Å². The average molecular weight is 1050 g/mol. The van der Waals surface area contributed by atoms with Crippen molar-refractivity contribution < 1.29 is 28.6 Å². The maximum Gasteiger partial charge on any atom is 0.306 e. The lowest BCUT2D eigenvalue weighted by Crippen LogP contribution is -2.30. The summed E-state index contributed by atoms with van der Waals surface area (Å²) in [5.41, 5.74) is 0. The van der Waals surface area contributed by atoms with Crippen LogP contribution in [0.1, 0.15) is 271 Å². The molecule has 0 heterocycles. The molecule has 0 radical (unpaired) electrons. The van der Waals surface area contributed by atoms with Gasteiger partial charge in [-0.15, -0.1) is 0 Å². The molecule has 0 aliphatic carbocycles. The largest absolute Gasteiger partial charge is 0.462 e. The molecule has 0 saturated heterocycles. The normalized spacial score (nSPS) is 13.0. The average Bonchev–Trinajstić information content (AvgIpc) is 3.42. The SMILES string of the molecule is CC/C=C\C/C=C\C/C=C\C/C=C\C/C=C\C/C=C\C/C=C\CCCCCCCC(=O)OCC(COC(=O)CCCCCCC/C=C\CCCCC)OC(=O)CCCCCCCC/C=C\C/C=C\C/C=C\CCCCC. The summed E-state index contributed by atoms with van der Waals surface area (Å²) in [6.07, 6.45) is 88.7. The summed E-state index contributed by atoms with van der Waals surface area (Å²) in [6, 6.07) is 0. The van der Waals surface area contributed by atoms with Gasteiger partial charge in [0.05, 0.1) is 0 Å². The van der Waals surface area contributed by atoms with E-state index < -0.39 is 6.10 Å². The van der Waals surface area contributed by atoms with Crippen molar-refractivity contribution >= 4 is 17.9 Å². The number of ether oxygens (including phenoxy) is 3. The number of hydrogen-bond acceptors (Lipinski definition) is 6. The van der Waals surface area contributed by atoms with Crippen molar-refractivity contribution in [1.82, 2.24) is 0 Å². The van der Waals surface area contributed by atoms with Gasteiger partial charge in [0.25, 0.3) is 0 Å². The van der Waals surface area contributed by atoms with Crippen LogP contribution in [0.3, 0.4) is 0 Å². The summed E-state index contributed by atoms with van der Waals surface area (Å²) in [4.78, 5) is 38.2. The lowest BCUT2D eigenvalue weighted by atomic mass is 10.1. The van der Waals surface area contributed by atoms with E-state index in [9.17, 15) is 14.4 Å². The summed E-state index contributed by atoms with van der Waals surface area (Å²) < 4.78 is 16.9. The summed E-state index contributed by atoms with van der Waals surface area (Å²) in [5, 5.41) is 0. The van der Waals surface area contributed by atoms with Gasteiger partial charge in [-0.3, -0.25) is 14.4 Å². The second kappa shape index (κ2) is 63.1. The van der Waals surface area contributed by atoms with E-state index in [2.05, 4.69) is 154 Å². The van der Waals surface area contributed by atoms with Crippen molar-refractivity contribution in [2.24, 2.45) is 0 Å². The van der Waals surface area contributed by atoms with Crippen LogP contribution in [0.4, 0.5) is 0 Å². The van der Waals surface area contributed by atoms with Crippen molar-refractivity contribution in [2.45, 2.75) is 277 Å². The molecule has 76 heavy (non-hydrogen) atoms. The molecular formula is C70H114O6. The Labute approximate surface area is 468 Å². The Morgan fingerprint density at radius 1 is 0.276 bits per heavy atom. The molecule has 0 amide bonds. The van der Waals surface area contributed by atoms with Crippen LogP contribution in [0, 0.1) is 0 Å². The number of carbonyl (C=O) groups is 3. The lowest BCUT2D eigenvalue weighted by molar-refractivity contribution is -0.167. The second-order valence-electron chi connectivity index (χ2n) is 20.2. The van der Waals surface area contributed by atoms with Crippen LogP contribution < -0.4 is 0 Å². The number of allylic oxidation sites excluding steroid dienone is 22. The van der Waals surface area contributed by atoms with Crippen LogP contribution in [0.2, 0.25) is 0 Å². The third-order valence-corrected chi connectivity index (χ3v) is 12.9. The first-order chi connectivity index (χ1) is 37.5. The van der Waals surface area contributed by atoms with E-state index >= 15 is 0 Å². The first-order valence-corrected chi connectivity index (χ1v) is 31.2. The molecule has 0 rings (SSSR count). The van der Waals surface area contributed by atoms with Gasteiger partial charge in [-0.1, -0.05) is 244 Å². The number of hydrogen-bond donors (Lipinski definition) is 0. The maximum atomic E-state index is 12.9. The fourth-order valence-electron chi connectivity index (χ4n) is 8.19. The van der Waals surface area contributed by atoms with Crippen molar-refractivity contribution in [1.29, 1.82) is 0 Å². The molecule has 1 atom stereocenters. The Morgan fingerprint density at radius 3 is 0.816 bits per heavy atom. The quantitative estimate of drug-likeness (QED) is 0.0261. The van der Waals surface area contributed by atoms with Crippen LogP contribution >= 0.6 is 0 Å². The summed E-state index contributed by atoms with van der Waals surface area (Å²) >= 11 is 0. The van der Waals surface area contributed by atoms with E-state index in [1.54, 1.807) is 0 Å². The van der Waals surface area contributed by atoms with Gasteiger partial charge in [0.15, 0.2) is 6.10 Å². The topological polar surface area (TPSA) is 78.9 Å². The highest BCUT2D eigenvalue weighted by molar-refractivity contribution is 5.71. The zero-order valence-electron chi connectivity index (χ0n) is 49.2. The summed E-state index contributed by atoms with van der Waals surface area (Å²) in [7, 11) is 0. The van der Waals surface area contributed by atoms with Gasteiger partial charge in [-0.05, 0) is 141 Å². The van der Waals surface area contributed by atoms with Gasteiger partial charge in [0, 0.05) is 19.3 Å². The monoisotopic (exact) mass is 1050 g/mol. The van der Waals surface area contributed by atoms with E-state index in [0.29, 0.717) is 19.3 Å². The van der Waals surface area contributed by atoms with E-state index in [-0.39, 0.29) is 31.1 Å². The number of esters is 3. The molecule has 430 valence electrons. The van der Waals surface area contributed by atoms with Crippen molar-refractivity contribution in [3.05, 3.63) is 134 Å². The highest BCUT2D eigenvalue weighted by Crippen LogP contribution is 2.14. The fraction of sp³-hybridized carbons (Fsp3) is 0.643. The van der Waals surface area contributed by atoms with Crippen LogP contribution in [-0.2, 0) is 28.6 Å². The van der Waals surface area contributed by atoms with Crippen molar-refractivity contribution in [2.75, 3.05) is 13.2 Å². The van der Waals surface area contributed by atoms with E-state index in [4.69, 9.17) is 14.2 Å². The molecule has 0 aromatic heterocycles. The summed E-state index contributed by atoms with van der Waals surface area (Å²) in [5.74, 6) is -0.939. The zero-order valence-corrected chi connectivity index (χ0v) is 49.2. The Kier molecular flexibility index (Phi) is 59.4. The Balaban J connectivity index is 4.41. The molecule has 1 unspecified atom stereocenters. The molecule has 0 spiro atoms. The van der Waals surface area contributed by atoms with Crippen molar-refractivity contribution in [3.8, 4) is 0 Å². The molecule has 0 aromatic carbocycles. The minimum absolute atomic E-state index is 0.0977. The standard InChI is InChI=1S/C70H114O6/c1-4-7-10-13-16-19-22-25-27-29-31-32-33-34-35-36-37-38-40-41-43-45-48-51-54-57-60-63-69(72)75-66-67(65-74-68(71)62-59-56-53-50-47-24-21-18-15-12-9-6-3)76-70(73)64-61-58-55-52-49-46-44-42-39-30-28-26-23-20-17-14-11-8-5-2/h7,10,16-21,25-28,31-32,34-35,37-39,41-43,67H,4-6,8-9,11-15,22-24,29-30,33,36,40,44-66H2,1-3H3/b10-7-,19-16-,20-17-,21-18-,27-25-,28-26-,32-31-,35-34-,38-37-,42-39-,43-41-. The van der Waals surface area contributed by atoms with E-state index in [0.717, 1.165) is 161 Å². The molecule has 0 aliphatic rings. The Bertz CT molecular complexity index is 1630. The second-order valence-corrected chi connectivity index (χ2v) is 20.2. The predicted molar refractivity (Wildman–Crippen MR) is 329 cm³/mol. The van der Waals surface area contributed by atoms with Crippen LogP contribution in [-0.4, -0.2) is 37.2 Å². The van der Waals surface area contributed by atoms with Gasteiger partial charge >= 0.3 is 17.9 Å². The fourth-order valence-corrected chi connectivity index (χ4v) is 8.19. The van der Waals surface area contributed by atoms with Gasteiger partial charge < -0.3 is 14.2 Å². The van der Waals surface area contributed by atoms with E-state index in [1.165, 1.54) is 70.6 Å². The van der Waals surface area contributed by atoms with Gasteiger partial charge in [0.2, 0.25) is 0 Å². The molecule has 0 fully saturated rings. The number of unbranched alkanes of at least 4 members (excludes halogenated alkanes) is 22. The Morgan fingerprint density at radius 2 is 0.513 bits per heavy atom. The first kappa shape index (κ1) is 71.5. The first-order valence-electron chi connectivity index (χ1n) is 31.2. The minimum atomic E-state index is -0.802. The predicted octanol–water partition coefficient (Wildman–Crippen LogP) is 21.4. The third-order valence-electron chi connectivity index (χ3n) is 12.9. The molecule has 0 aromatic rings. The highest BCUT2D eigenvalue weighted by Gasteiger charge is 2.19.